The summed E-state index contributed by atoms with van der Waals surface area (Å²) < 4.78 is 17.2. The number of nitrogens with two attached hydrogens (primary N) is 1. The number of phosphoric ester groups is 1. The van der Waals surface area contributed by atoms with Crippen molar-refractivity contribution >= 4 is 36.6 Å². The van der Waals surface area contributed by atoms with Gasteiger partial charge in [-0.3, -0.25) is 4.52 Å². The van der Waals surface area contributed by atoms with E-state index < -0.39 is 31.5 Å². The Balaban J connectivity index is 1.96. The van der Waals surface area contributed by atoms with Crippen LogP contribution >= 0.6 is 19.6 Å². The van der Waals surface area contributed by atoms with E-state index in [1.165, 1.54) is 18.1 Å². The smallest absolute Gasteiger partial charge is 0.390 e. The Hall–Kier alpha value is -1.27. The van der Waals surface area contributed by atoms with Crippen molar-refractivity contribution in [2.75, 3.05) is 18.6 Å². The summed E-state index contributed by atoms with van der Waals surface area (Å²) in [5, 5.41) is 22.0. The molecule has 1 fully saturated rings. The van der Waals surface area contributed by atoms with Crippen LogP contribution in [-0.2, 0) is 9.09 Å². The lowest BCUT2D eigenvalue weighted by molar-refractivity contribution is -0.0333. The number of rotatable bonds is 6. The highest BCUT2D eigenvalue weighted by Crippen LogP contribution is 2.52. The van der Waals surface area contributed by atoms with E-state index in [1.807, 2.05) is 13.2 Å². The van der Waals surface area contributed by atoms with Gasteiger partial charge in [-0.05, 0) is 18.6 Å². The Morgan fingerprint density at radius 1 is 1.39 bits per heavy atom. The number of hydrogen-bond acceptors (Lipinski definition) is 9. The summed E-state index contributed by atoms with van der Waals surface area (Å²) in [5.41, 5.74) is 5.97. The first kappa shape index (κ1) is 21.4. The average molecular weight is 433 g/mol. The summed E-state index contributed by atoms with van der Waals surface area (Å²) in [4.78, 5) is 30.6. The molecule has 0 amide bonds. The zero-order valence-corrected chi connectivity index (χ0v) is 17.3. The van der Waals surface area contributed by atoms with E-state index in [0.717, 1.165) is 0 Å². The van der Waals surface area contributed by atoms with E-state index in [-0.39, 0.29) is 24.8 Å². The van der Waals surface area contributed by atoms with Crippen molar-refractivity contribution in [3.63, 3.8) is 0 Å². The Morgan fingerprint density at radius 2 is 2.07 bits per heavy atom. The van der Waals surface area contributed by atoms with Crippen LogP contribution in [0.4, 0.5) is 5.82 Å². The van der Waals surface area contributed by atoms with Crippen LogP contribution in [0.2, 0.25) is 0 Å². The van der Waals surface area contributed by atoms with Gasteiger partial charge in [-0.25, -0.2) is 19.5 Å². The molecule has 28 heavy (non-hydrogen) atoms. The van der Waals surface area contributed by atoms with Crippen LogP contribution in [-0.4, -0.2) is 64.6 Å². The van der Waals surface area contributed by atoms with Crippen molar-refractivity contribution in [3.8, 4) is 0 Å². The molecule has 2 heterocycles. The average Bonchev–Trinajstić information content (AvgIpc) is 3.09. The molecule has 5 atom stereocenters. The van der Waals surface area contributed by atoms with E-state index in [0.29, 0.717) is 16.3 Å². The first-order valence-corrected chi connectivity index (χ1v) is 11.4. The van der Waals surface area contributed by atoms with Crippen LogP contribution < -0.4 is 5.73 Å². The van der Waals surface area contributed by atoms with E-state index in [2.05, 4.69) is 19.5 Å². The predicted octanol–water partition coefficient (Wildman–Crippen LogP) is 0.549. The van der Waals surface area contributed by atoms with Crippen molar-refractivity contribution in [2.24, 2.45) is 11.3 Å². The fourth-order valence-electron chi connectivity index (χ4n) is 3.92. The van der Waals surface area contributed by atoms with Crippen LogP contribution in [0.5, 0.6) is 0 Å². The second kappa shape index (κ2) is 7.52. The van der Waals surface area contributed by atoms with Crippen molar-refractivity contribution in [1.82, 2.24) is 19.5 Å². The van der Waals surface area contributed by atoms with Crippen LogP contribution in [0.3, 0.4) is 0 Å². The number of hydrogen-bond donors (Lipinski definition) is 5. The molecule has 13 heteroatoms. The van der Waals surface area contributed by atoms with Crippen LogP contribution in [0, 0.1) is 11.3 Å². The predicted molar refractivity (Wildman–Crippen MR) is 102 cm³/mol. The third-order valence-corrected chi connectivity index (χ3v) is 6.80. The number of thioether (sulfide) groups is 1. The SMILES string of the molecule is CSc1nc(N)c2ncn(C3[C@@H](C)[C@](C)(CCOP(=O)(O)O)[C@@H](O)[C@H]3O)c2n1. The number of nitrogen functional groups attached to an aromatic ring is 1. The summed E-state index contributed by atoms with van der Waals surface area (Å²) in [5.74, 6) is -0.0595. The number of aromatic nitrogens is 4. The summed E-state index contributed by atoms with van der Waals surface area (Å²) >= 11 is 1.32. The van der Waals surface area contributed by atoms with Gasteiger partial charge in [0.2, 0.25) is 0 Å². The van der Waals surface area contributed by atoms with E-state index in [4.69, 9.17) is 15.5 Å². The number of nitrogens with zero attached hydrogens (tertiary/aromatic N) is 4. The van der Waals surface area contributed by atoms with E-state index in [9.17, 15) is 14.8 Å². The maximum atomic E-state index is 10.9. The quantitative estimate of drug-likeness (QED) is 0.244. The fourth-order valence-corrected chi connectivity index (χ4v) is 4.62. The number of phosphoric acid groups is 1. The molecule has 156 valence electrons. The normalized spacial score (nSPS) is 31.0. The second-order valence-corrected chi connectivity index (χ2v) is 9.23. The molecule has 0 radical (unpaired) electrons. The Labute approximate surface area is 165 Å². The summed E-state index contributed by atoms with van der Waals surface area (Å²) in [7, 11) is -4.61. The highest BCUT2D eigenvalue weighted by Gasteiger charge is 2.56. The molecule has 2 aromatic rings. The molecule has 0 bridgehead atoms. The van der Waals surface area contributed by atoms with Gasteiger partial charge in [0, 0.05) is 5.41 Å². The molecule has 2 aromatic heterocycles. The molecule has 1 aliphatic carbocycles. The van der Waals surface area contributed by atoms with Crippen molar-refractivity contribution in [2.45, 2.75) is 43.7 Å². The minimum atomic E-state index is -4.61. The highest BCUT2D eigenvalue weighted by molar-refractivity contribution is 7.98. The van der Waals surface area contributed by atoms with Gasteiger partial charge in [0.05, 0.1) is 25.1 Å². The molecule has 0 aromatic carbocycles. The minimum absolute atomic E-state index is 0.147. The van der Waals surface area contributed by atoms with Gasteiger partial charge in [-0.1, -0.05) is 25.6 Å². The van der Waals surface area contributed by atoms with Crippen LogP contribution in [0.25, 0.3) is 11.2 Å². The summed E-state index contributed by atoms with van der Waals surface area (Å²) in [6.07, 6.45) is 1.20. The molecule has 1 saturated carbocycles. The molecule has 6 N–H and O–H groups in total. The van der Waals surface area contributed by atoms with E-state index >= 15 is 0 Å². The zero-order chi connectivity index (χ0) is 20.9. The molecule has 1 unspecified atom stereocenters. The molecule has 0 aliphatic heterocycles. The van der Waals surface area contributed by atoms with Crippen molar-refractivity contribution in [1.29, 1.82) is 0 Å². The molecule has 0 saturated heterocycles. The third-order valence-electron chi connectivity index (χ3n) is 5.73. The molecular weight excluding hydrogens is 409 g/mol. The van der Waals surface area contributed by atoms with E-state index in [1.54, 1.807) is 11.5 Å². The standard InChI is InChI=1S/C15H24N5O6PS/c1-7-9(10(21)11(22)15(7,2)4-5-26-27(23,24)25)20-6-17-8-12(16)18-14(28-3)19-13(8)20/h6-7,9-11,21-22H,4-5H2,1-3H3,(H2,16,18,19)(H2,23,24,25)/t7-,9?,10+,11+,15+/m1/s1. The maximum absolute atomic E-state index is 10.9. The first-order chi connectivity index (χ1) is 13.0. The van der Waals surface area contributed by atoms with Crippen molar-refractivity contribution < 1.29 is 29.1 Å². The lowest BCUT2D eigenvalue weighted by Crippen LogP contribution is -2.36. The first-order valence-electron chi connectivity index (χ1n) is 8.60. The van der Waals surface area contributed by atoms with Gasteiger partial charge in [-0.2, -0.15) is 0 Å². The number of aliphatic hydroxyl groups excluding tert-OH is 2. The van der Waals surface area contributed by atoms with Gasteiger partial charge in [0.15, 0.2) is 16.6 Å². The lowest BCUT2D eigenvalue weighted by Gasteiger charge is -2.33. The summed E-state index contributed by atoms with van der Waals surface area (Å²) in [6, 6.07) is -0.566. The van der Waals surface area contributed by atoms with Gasteiger partial charge in [0.25, 0.3) is 0 Å². The van der Waals surface area contributed by atoms with Gasteiger partial charge >= 0.3 is 7.82 Å². The molecule has 1 aliphatic rings. The monoisotopic (exact) mass is 433 g/mol. The van der Waals surface area contributed by atoms with Gasteiger partial charge in [-0.15, -0.1) is 0 Å². The fraction of sp³-hybridized carbons (Fsp3) is 0.667. The third kappa shape index (κ3) is 3.65. The Bertz CT molecular complexity index is 922. The van der Waals surface area contributed by atoms with Gasteiger partial charge in [0.1, 0.15) is 11.6 Å². The number of anilines is 1. The highest BCUT2D eigenvalue weighted by atomic mass is 32.2. The largest absolute Gasteiger partial charge is 0.469 e. The number of aliphatic hydroxyl groups is 2. The maximum Gasteiger partial charge on any atom is 0.469 e. The molecular formula is C15H24N5O6PS. The van der Waals surface area contributed by atoms with Gasteiger partial charge < -0.3 is 30.3 Å². The second-order valence-electron chi connectivity index (χ2n) is 7.21. The Kier molecular flexibility index (Phi) is 5.76. The van der Waals surface area contributed by atoms with Crippen molar-refractivity contribution in [3.05, 3.63) is 6.33 Å². The minimum Gasteiger partial charge on any atom is -0.390 e. The topological polar surface area (TPSA) is 177 Å². The van der Waals surface area contributed by atoms with Crippen LogP contribution in [0.15, 0.2) is 11.5 Å². The molecule has 3 rings (SSSR count). The molecule has 0 spiro atoms. The molecule has 11 nitrogen and oxygen atoms in total. The lowest BCUT2D eigenvalue weighted by atomic mass is 9.76. The van der Waals surface area contributed by atoms with Crippen LogP contribution in [0.1, 0.15) is 26.3 Å². The Morgan fingerprint density at radius 3 is 2.68 bits per heavy atom. The number of fused-ring (bicyclic) bond motifs is 1. The zero-order valence-electron chi connectivity index (χ0n) is 15.6. The summed E-state index contributed by atoms with van der Waals surface area (Å²) in [6.45, 7) is 3.36. The number of imidazole rings is 1.